The van der Waals surface area contributed by atoms with Crippen LogP contribution in [0.1, 0.15) is 56.6 Å². The lowest BCUT2D eigenvalue weighted by Gasteiger charge is -2.42. The van der Waals surface area contributed by atoms with Gasteiger partial charge in [0.2, 0.25) is 5.91 Å². The molecule has 0 bridgehead atoms. The van der Waals surface area contributed by atoms with Gasteiger partial charge < -0.3 is 9.80 Å². The quantitative estimate of drug-likeness (QED) is 0.805. The Morgan fingerprint density at radius 1 is 0.963 bits per heavy atom. The van der Waals surface area contributed by atoms with E-state index < -0.39 is 6.04 Å². The zero-order valence-corrected chi connectivity index (χ0v) is 16.7. The monoisotopic (exact) mass is 364 g/mol. The fourth-order valence-electron chi connectivity index (χ4n) is 3.95. The van der Waals surface area contributed by atoms with Crippen molar-refractivity contribution in [3.05, 3.63) is 71.8 Å². The molecule has 4 nitrogen and oxygen atoms in total. The van der Waals surface area contributed by atoms with E-state index in [0.717, 1.165) is 5.56 Å². The largest absolute Gasteiger partial charge is 0.313 e. The molecule has 27 heavy (non-hydrogen) atoms. The van der Waals surface area contributed by atoms with Crippen LogP contribution >= 0.6 is 0 Å². The molecule has 142 valence electrons. The predicted octanol–water partition coefficient (Wildman–Crippen LogP) is 4.49. The first-order valence-electron chi connectivity index (χ1n) is 9.48. The summed E-state index contributed by atoms with van der Waals surface area (Å²) in [6, 6.07) is 18.6. The van der Waals surface area contributed by atoms with Crippen LogP contribution in [0, 0.1) is 5.41 Å². The summed E-state index contributed by atoms with van der Waals surface area (Å²) in [5.74, 6) is -0.102. The normalized spacial score (nSPS) is 21.4. The van der Waals surface area contributed by atoms with Gasteiger partial charge in [0.1, 0.15) is 12.2 Å². The Kier molecular flexibility index (Phi) is 5.09. The molecule has 0 aliphatic carbocycles. The van der Waals surface area contributed by atoms with E-state index >= 15 is 0 Å². The van der Waals surface area contributed by atoms with Crippen molar-refractivity contribution < 1.29 is 9.59 Å². The molecule has 1 saturated heterocycles. The molecular formula is C23H28N2O2. The maximum Gasteiger partial charge on any atom is 0.256 e. The Morgan fingerprint density at radius 3 is 2.00 bits per heavy atom. The van der Waals surface area contributed by atoms with Crippen LogP contribution in [0.15, 0.2) is 60.7 Å². The highest BCUT2D eigenvalue weighted by molar-refractivity contribution is 5.99. The molecule has 1 heterocycles. The van der Waals surface area contributed by atoms with E-state index in [1.54, 1.807) is 4.90 Å². The van der Waals surface area contributed by atoms with Gasteiger partial charge in [-0.1, -0.05) is 69.3 Å². The summed E-state index contributed by atoms with van der Waals surface area (Å²) in [5.41, 5.74) is 1.40. The Labute approximate surface area is 161 Å². The molecule has 2 amide bonds. The van der Waals surface area contributed by atoms with Gasteiger partial charge in [-0.3, -0.25) is 9.59 Å². The van der Waals surface area contributed by atoms with Crippen LogP contribution in [-0.2, 0) is 4.79 Å². The van der Waals surface area contributed by atoms with Crippen molar-refractivity contribution in [2.24, 2.45) is 5.41 Å². The minimum Gasteiger partial charge on any atom is -0.313 e. The number of benzene rings is 2. The van der Waals surface area contributed by atoms with Gasteiger partial charge in [0.05, 0.1) is 6.04 Å². The first kappa shape index (κ1) is 19.2. The number of amides is 2. The number of rotatable bonds is 3. The van der Waals surface area contributed by atoms with E-state index in [0.29, 0.717) is 5.56 Å². The van der Waals surface area contributed by atoms with Crippen molar-refractivity contribution in [2.45, 2.75) is 52.9 Å². The lowest BCUT2D eigenvalue weighted by Crippen LogP contribution is -2.51. The third-order valence-electron chi connectivity index (χ3n) is 5.29. The van der Waals surface area contributed by atoms with E-state index in [4.69, 9.17) is 0 Å². The molecule has 1 aliphatic heterocycles. The molecule has 4 heteroatoms. The van der Waals surface area contributed by atoms with Gasteiger partial charge in [0, 0.05) is 11.0 Å². The molecule has 1 fully saturated rings. The second kappa shape index (κ2) is 7.18. The predicted molar refractivity (Wildman–Crippen MR) is 107 cm³/mol. The minimum absolute atomic E-state index is 0.00411. The van der Waals surface area contributed by atoms with Crippen LogP contribution in [0.2, 0.25) is 0 Å². The zero-order chi connectivity index (χ0) is 19.8. The van der Waals surface area contributed by atoms with Gasteiger partial charge >= 0.3 is 0 Å². The van der Waals surface area contributed by atoms with E-state index in [1.165, 1.54) is 0 Å². The minimum atomic E-state index is -0.493. The van der Waals surface area contributed by atoms with Gasteiger partial charge in [-0.25, -0.2) is 0 Å². The molecule has 3 atom stereocenters. The van der Waals surface area contributed by atoms with Crippen molar-refractivity contribution in [1.82, 2.24) is 9.80 Å². The third-order valence-corrected chi connectivity index (χ3v) is 5.29. The van der Waals surface area contributed by atoms with Crippen molar-refractivity contribution in [3.8, 4) is 0 Å². The molecule has 0 aromatic heterocycles. The van der Waals surface area contributed by atoms with Crippen molar-refractivity contribution in [3.63, 3.8) is 0 Å². The molecule has 2 aromatic carbocycles. The highest BCUT2D eigenvalue weighted by Crippen LogP contribution is 2.40. The van der Waals surface area contributed by atoms with Crippen molar-refractivity contribution in [1.29, 1.82) is 0 Å². The molecule has 0 radical (unpaired) electrons. The average Bonchev–Trinajstić information content (AvgIpc) is 2.93. The van der Waals surface area contributed by atoms with Crippen LogP contribution < -0.4 is 0 Å². The van der Waals surface area contributed by atoms with Crippen LogP contribution in [0.5, 0.6) is 0 Å². The fraction of sp³-hybridized carbons (Fsp3) is 0.391. The third kappa shape index (κ3) is 3.48. The number of nitrogens with zero attached hydrogens (tertiary/aromatic N) is 2. The summed E-state index contributed by atoms with van der Waals surface area (Å²) in [4.78, 5) is 30.2. The smallest absolute Gasteiger partial charge is 0.256 e. The van der Waals surface area contributed by atoms with Gasteiger partial charge in [-0.2, -0.15) is 0 Å². The molecule has 0 unspecified atom stereocenters. The molecule has 0 spiro atoms. The second-order valence-electron chi connectivity index (χ2n) is 8.33. The van der Waals surface area contributed by atoms with Gasteiger partial charge in [-0.15, -0.1) is 0 Å². The van der Waals surface area contributed by atoms with Crippen LogP contribution in [0.4, 0.5) is 0 Å². The molecule has 3 rings (SSSR count). The topological polar surface area (TPSA) is 40.6 Å². The Hall–Kier alpha value is -2.62. The highest BCUT2D eigenvalue weighted by atomic mass is 16.2. The van der Waals surface area contributed by atoms with E-state index in [2.05, 4.69) is 20.8 Å². The summed E-state index contributed by atoms with van der Waals surface area (Å²) >= 11 is 0. The molecular weight excluding hydrogens is 336 g/mol. The number of hydrogen-bond donors (Lipinski definition) is 0. The van der Waals surface area contributed by atoms with Gasteiger partial charge in [0.15, 0.2) is 0 Å². The zero-order valence-electron chi connectivity index (χ0n) is 16.7. The maximum absolute atomic E-state index is 13.3. The van der Waals surface area contributed by atoms with E-state index in [-0.39, 0.29) is 29.4 Å². The van der Waals surface area contributed by atoms with Gasteiger partial charge in [-0.05, 0) is 31.5 Å². The summed E-state index contributed by atoms with van der Waals surface area (Å²) in [5, 5.41) is 0. The average molecular weight is 364 g/mol. The summed E-state index contributed by atoms with van der Waals surface area (Å²) in [6.07, 6.45) is -0.317. The SMILES string of the molecule is C[C@H]1C(=O)N([C@@H](C)c2ccccc2)[C@H](C(C)(C)C)N1C(=O)c1ccccc1. The molecule has 1 aliphatic rings. The number of carbonyl (C=O) groups excluding carboxylic acids is 2. The second-order valence-corrected chi connectivity index (χ2v) is 8.33. The van der Waals surface area contributed by atoms with Crippen LogP contribution in [-0.4, -0.2) is 33.8 Å². The molecule has 2 aromatic rings. The molecule has 0 N–H and O–H groups in total. The van der Waals surface area contributed by atoms with Crippen LogP contribution in [0.25, 0.3) is 0 Å². The lowest BCUT2D eigenvalue weighted by molar-refractivity contribution is -0.133. The van der Waals surface area contributed by atoms with Gasteiger partial charge in [0.25, 0.3) is 5.91 Å². The Balaban J connectivity index is 2.04. The van der Waals surface area contributed by atoms with E-state index in [1.807, 2.05) is 79.4 Å². The number of hydrogen-bond acceptors (Lipinski definition) is 2. The summed E-state index contributed by atoms with van der Waals surface area (Å²) in [7, 11) is 0. The highest BCUT2D eigenvalue weighted by Gasteiger charge is 2.52. The number of carbonyl (C=O) groups is 2. The Bertz CT molecular complexity index is 811. The standard InChI is InChI=1S/C23H28N2O2/c1-16(18-12-8-6-9-13-18)24-20(26)17(2)25(22(24)23(3,4)5)21(27)19-14-10-7-11-15-19/h6-17,22H,1-5H3/t16-,17-,22-/m0/s1. The lowest BCUT2D eigenvalue weighted by atomic mass is 9.89. The summed E-state index contributed by atoms with van der Waals surface area (Å²) in [6.45, 7) is 10.1. The maximum atomic E-state index is 13.3. The molecule has 0 saturated carbocycles. The Morgan fingerprint density at radius 2 is 1.48 bits per heavy atom. The van der Waals surface area contributed by atoms with Crippen molar-refractivity contribution >= 4 is 11.8 Å². The first-order chi connectivity index (χ1) is 12.7. The van der Waals surface area contributed by atoms with Crippen LogP contribution in [0.3, 0.4) is 0 Å². The fourth-order valence-corrected chi connectivity index (χ4v) is 3.95. The van der Waals surface area contributed by atoms with E-state index in [9.17, 15) is 9.59 Å². The summed E-state index contributed by atoms with van der Waals surface area (Å²) < 4.78 is 0. The first-order valence-corrected chi connectivity index (χ1v) is 9.48. The van der Waals surface area contributed by atoms with Crippen molar-refractivity contribution in [2.75, 3.05) is 0 Å².